The largest absolute Gasteiger partial charge is 0.486 e. The molecule has 1 fully saturated rings. The summed E-state index contributed by atoms with van der Waals surface area (Å²) in [5.74, 6) is 2.39. The zero-order valence-corrected chi connectivity index (χ0v) is 14.1. The van der Waals surface area contributed by atoms with Crippen LogP contribution in [0, 0.1) is 0 Å². The molecule has 2 aromatic rings. The fraction of sp³-hybridized carbons (Fsp3) is 0.444. The summed E-state index contributed by atoms with van der Waals surface area (Å²) in [6.45, 7) is 5.12. The second kappa shape index (κ2) is 7.67. The average Bonchev–Trinajstić information content (AvgIpc) is 2.69. The number of nitrogens with one attached hydrogen (secondary N) is 1. The van der Waals surface area contributed by atoms with Gasteiger partial charge in [-0.05, 0) is 12.1 Å². The summed E-state index contributed by atoms with van der Waals surface area (Å²) in [6, 6.07) is 7.75. The first-order valence-corrected chi connectivity index (χ1v) is 8.61. The molecule has 2 aliphatic heterocycles. The fourth-order valence-electron chi connectivity index (χ4n) is 2.91. The second-order valence-electron chi connectivity index (χ2n) is 6.12. The molecule has 132 valence electrons. The number of morpholine rings is 1. The molecule has 2 aliphatic rings. The molecule has 0 spiro atoms. The number of hydrogen-bond acceptors (Lipinski definition) is 7. The van der Waals surface area contributed by atoms with Crippen molar-refractivity contribution >= 4 is 5.95 Å². The molecule has 1 saturated heterocycles. The van der Waals surface area contributed by atoms with Gasteiger partial charge in [-0.1, -0.05) is 12.1 Å². The Kier molecular flexibility index (Phi) is 4.94. The number of aromatic nitrogens is 2. The first-order chi connectivity index (χ1) is 12.4. The summed E-state index contributed by atoms with van der Waals surface area (Å²) < 4.78 is 17.0. The zero-order chi connectivity index (χ0) is 16.9. The number of hydrogen-bond donors (Lipinski definition) is 1. The van der Waals surface area contributed by atoms with Crippen LogP contribution >= 0.6 is 0 Å². The standard InChI is InChI=1S/C18H22N4O3/c1-2-4-17-16(3-1)24-13-15(25-17)12-19-9-14-10-20-18(21-11-14)22-5-7-23-8-6-22/h1-4,10-11,15,19H,5-9,12-13H2/t15-/m1/s1. The lowest BCUT2D eigenvalue weighted by Crippen LogP contribution is -2.38. The molecule has 7 nitrogen and oxygen atoms in total. The van der Waals surface area contributed by atoms with Gasteiger partial charge < -0.3 is 24.4 Å². The Morgan fingerprint density at radius 1 is 1.08 bits per heavy atom. The highest BCUT2D eigenvalue weighted by Gasteiger charge is 2.20. The van der Waals surface area contributed by atoms with Crippen molar-refractivity contribution < 1.29 is 14.2 Å². The van der Waals surface area contributed by atoms with Gasteiger partial charge in [0.25, 0.3) is 0 Å². The van der Waals surface area contributed by atoms with Crippen LogP contribution in [0.4, 0.5) is 5.95 Å². The van der Waals surface area contributed by atoms with E-state index in [1.807, 2.05) is 36.7 Å². The van der Waals surface area contributed by atoms with Gasteiger partial charge in [0.05, 0.1) is 13.2 Å². The van der Waals surface area contributed by atoms with Gasteiger partial charge in [-0.25, -0.2) is 9.97 Å². The minimum absolute atomic E-state index is 0.00319. The van der Waals surface area contributed by atoms with Gasteiger partial charge >= 0.3 is 0 Å². The van der Waals surface area contributed by atoms with Crippen LogP contribution in [0.2, 0.25) is 0 Å². The molecule has 0 radical (unpaired) electrons. The van der Waals surface area contributed by atoms with Crippen molar-refractivity contribution in [2.45, 2.75) is 12.6 Å². The molecule has 25 heavy (non-hydrogen) atoms. The lowest BCUT2D eigenvalue weighted by molar-refractivity contribution is 0.0902. The number of ether oxygens (including phenoxy) is 3. The van der Waals surface area contributed by atoms with E-state index in [2.05, 4.69) is 20.2 Å². The Morgan fingerprint density at radius 2 is 1.84 bits per heavy atom. The number of fused-ring (bicyclic) bond motifs is 1. The lowest BCUT2D eigenvalue weighted by atomic mass is 10.2. The minimum atomic E-state index is 0.00319. The quantitative estimate of drug-likeness (QED) is 0.877. The van der Waals surface area contributed by atoms with E-state index in [-0.39, 0.29) is 6.10 Å². The normalized spacial score (nSPS) is 19.7. The Balaban J connectivity index is 1.25. The van der Waals surface area contributed by atoms with Crippen molar-refractivity contribution in [1.82, 2.24) is 15.3 Å². The first kappa shape index (κ1) is 16.1. The van der Waals surface area contributed by atoms with E-state index in [0.717, 1.165) is 49.3 Å². The lowest BCUT2D eigenvalue weighted by Gasteiger charge is -2.27. The van der Waals surface area contributed by atoms with Crippen molar-refractivity contribution in [3.8, 4) is 11.5 Å². The van der Waals surface area contributed by atoms with Gasteiger partial charge in [-0.15, -0.1) is 0 Å². The summed E-state index contributed by atoms with van der Waals surface area (Å²) in [5, 5.41) is 3.38. The fourth-order valence-corrected chi connectivity index (χ4v) is 2.91. The van der Waals surface area contributed by atoms with Gasteiger partial charge in [-0.2, -0.15) is 0 Å². The SMILES string of the molecule is c1ccc2c(c1)OC[C@@H](CNCc1cnc(N3CCOCC3)nc1)O2. The molecule has 1 aromatic carbocycles. The van der Waals surface area contributed by atoms with Crippen LogP contribution in [-0.4, -0.2) is 55.5 Å². The van der Waals surface area contributed by atoms with Gasteiger partial charge in [0.1, 0.15) is 12.7 Å². The van der Waals surface area contributed by atoms with Gasteiger partial charge in [0, 0.05) is 44.1 Å². The third-order valence-corrected chi connectivity index (χ3v) is 4.25. The zero-order valence-electron chi connectivity index (χ0n) is 14.1. The van der Waals surface area contributed by atoms with E-state index < -0.39 is 0 Å². The van der Waals surface area contributed by atoms with Crippen LogP contribution in [0.15, 0.2) is 36.7 Å². The van der Waals surface area contributed by atoms with Gasteiger partial charge in [0.15, 0.2) is 11.5 Å². The number of nitrogens with zero attached hydrogens (tertiary/aromatic N) is 3. The molecule has 4 rings (SSSR count). The van der Waals surface area contributed by atoms with Crippen LogP contribution in [0.5, 0.6) is 11.5 Å². The molecule has 0 aliphatic carbocycles. The highest BCUT2D eigenvalue weighted by atomic mass is 16.6. The summed E-state index contributed by atoms with van der Waals surface area (Å²) >= 11 is 0. The van der Waals surface area contributed by atoms with Crippen molar-refractivity contribution in [3.05, 3.63) is 42.2 Å². The van der Waals surface area contributed by atoms with Crippen LogP contribution < -0.4 is 19.7 Å². The summed E-state index contributed by atoms with van der Waals surface area (Å²) in [5.41, 5.74) is 1.05. The monoisotopic (exact) mass is 342 g/mol. The van der Waals surface area contributed by atoms with Crippen molar-refractivity contribution in [3.63, 3.8) is 0 Å². The molecule has 7 heteroatoms. The van der Waals surface area contributed by atoms with E-state index in [0.29, 0.717) is 19.7 Å². The predicted molar refractivity (Wildman–Crippen MR) is 93.1 cm³/mol. The number of benzene rings is 1. The maximum Gasteiger partial charge on any atom is 0.225 e. The predicted octanol–water partition coefficient (Wildman–Crippen LogP) is 1.24. The Labute approximate surface area is 146 Å². The molecule has 0 bridgehead atoms. The van der Waals surface area contributed by atoms with Crippen LogP contribution in [0.25, 0.3) is 0 Å². The highest BCUT2D eigenvalue weighted by Crippen LogP contribution is 2.30. The molecule has 1 N–H and O–H groups in total. The number of para-hydroxylation sites is 2. The summed E-state index contributed by atoms with van der Waals surface area (Å²) in [6.07, 6.45) is 3.75. The van der Waals surface area contributed by atoms with Crippen molar-refractivity contribution in [2.24, 2.45) is 0 Å². The van der Waals surface area contributed by atoms with Crippen LogP contribution in [-0.2, 0) is 11.3 Å². The molecular weight excluding hydrogens is 320 g/mol. The molecule has 3 heterocycles. The Morgan fingerprint density at radius 3 is 2.64 bits per heavy atom. The number of rotatable bonds is 5. The molecular formula is C18H22N4O3. The Hall–Kier alpha value is -2.38. The minimum Gasteiger partial charge on any atom is -0.486 e. The van der Waals surface area contributed by atoms with E-state index >= 15 is 0 Å². The third kappa shape index (κ3) is 4.00. The topological polar surface area (TPSA) is 68.7 Å². The first-order valence-electron chi connectivity index (χ1n) is 8.61. The molecule has 1 aromatic heterocycles. The summed E-state index contributed by atoms with van der Waals surface area (Å²) in [7, 11) is 0. The van der Waals surface area contributed by atoms with E-state index in [4.69, 9.17) is 14.2 Å². The highest BCUT2D eigenvalue weighted by molar-refractivity contribution is 5.40. The van der Waals surface area contributed by atoms with Crippen LogP contribution in [0.3, 0.4) is 0 Å². The molecule has 0 amide bonds. The molecule has 0 unspecified atom stereocenters. The summed E-state index contributed by atoms with van der Waals surface area (Å²) in [4.78, 5) is 11.1. The third-order valence-electron chi connectivity index (χ3n) is 4.25. The molecule has 0 saturated carbocycles. The van der Waals surface area contributed by atoms with Crippen LogP contribution in [0.1, 0.15) is 5.56 Å². The smallest absolute Gasteiger partial charge is 0.225 e. The van der Waals surface area contributed by atoms with Crippen molar-refractivity contribution in [2.75, 3.05) is 44.4 Å². The van der Waals surface area contributed by atoms with Gasteiger partial charge in [-0.3, -0.25) is 0 Å². The average molecular weight is 342 g/mol. The Bertz CT molecular complexity index is 689. The van der Waals surface area contributed by atoms with E-state index in [9.17, 15) is 0 Å². The van der Waals surface area contributed by atoms with Gasteiger partial charge in [0.2, 0.25) is 5.95 Å². The van der Waals surface area contributed by atoms with E-state index in [1.165, 1.54) is 0 Å². The maximum absolute atomic E-state index is 5.93. The van der Waals surface area contributed by atoms with Crippen molar-refractivity contribution in [1.29, 1.82) is 0 Å². The molecule has 1 atom stereocenters. The van der Waals surface area contributed by atoms with E-state index in [1.54, 1.807) is 0 Å². The maximum atomic E-state index is 5.93. The second-order valence-corrected chi connectivity index (χ2v) is 6.12. The number of anilines is 1.